The first-order valence-electron chi connectivity index (χ1n) is 4.89. The summed E-state index contributed by atoms with van der Waals surface area (Å²) in [5.74, 6) is 0.356. The molecule has 1 rings (SSSR count). The van der Waals surface area contributed by atoms with Gasteiger partial charge in [0.15, 0.2) is 5.78 Å². The van der Waals surface area contributed by atoms with Crippen LogP contribution in [0, 0.1) is 11.3 Å². The molecule has 0 N–H and O–H groups in total. The summed E-state index contributed by atoms with van der Waals surface area (Å²) in [5.41, 5.74) is 1.43. The smallest absolute Gasteiger partial charge is 0.162 e. The van der Waals surface area contributed by atoms with E-state index in [-0.39, 0.29) is 17.1 Å². The largest absolute Gasteiger partial charge is 0.294 e. The fourth-order valence-electron chi connectivity index (χ4n) is 1.47. The third-order valence-corrected chi connectivity index (χ3v) is 2.48. The topological polar surface area (TPSA) is 17.1 Å². The van der Waals surface area contributed by atoms with E-state index in [2.05, 4.69) is 33.8 Å². The van der Waals surface area contributed by atoms with Gasteiger partial charge in [-0.1, -0.05) is 39.8 Å². The van der Waals surface area contributed by atoms with Crippen molar-refractivity contribution in [3.63, 3.8) is 0 Å². The molecule has 0 aliphatic heterocycles. The first-order valence-corrected chi connectivity index (χ1v) is 4.89. The van der Waals surface area contributed by atoms with Crippen LogP contribution in [0.2, 0.25) is 0 Å². The van der Waals surface area contributed by atoms with E-state index in [1.54, 1.807) is 6.08 Å². The number of rotatable bonds is 1. The summed E-state index contributed by atoms with van der Waals surface area (Å²) >= 11 is 0. The highest BCUT2D eigenvalue weighted by atomic mass is 16.1. The summed E-state index contributed by atoms with van der Waals surface area (Å²) in [5, 5.41) is 0. The van der Waals surface area contributed by atoms with E-state index in [1.165, 1.54) is 5.57 Å². The van der Waals surface area contributed by atoms with Gasteiger partial charge in [0.25, 0.3) is 0 Å². The normalized spacial score (nSPS) is 23.2. The highest BCUT2D eigenvalue weighted by molar-refractivity contribution is 5.94. The van der Waals surface area contributed by atoms with Gasteiger partial charge in [-0.25, -0.2) is 0 Å². The molecule has 1 nitrogen and oxygen atoms in total. The van der Waals surface area contributed by atoms with Gasteiger partial charge in [0, 0.05) is 5.92 Å². The number of carbonyl (C=O) groups excluding carboxylic acids is 1. The molecule has 0 aromatic rings. The van der Waals surface area contributed by atoms with E-state index >= 15 is 0 Å². The van der Waals surface area contributed by atoms with Crippen LogP contribution >= 0.6 is 0 Å². The van der Waals surface area contributed by atoms with E-state index in [1.807, 2.05) is 6.08 Å². The van der Waals surface area contributed by atoms with Crippen molar-refractivity contribution in [2.24, 2.45) is 11.3 Å². The first-order chi connectivity index (χ1) is 5.95. The van der Waals surface area contributed by atoms with Gasteiger partial charge in [-0.15, -0.1) is 0 Å². The molecule has 0 aromatic carbocycles. The SMILES string of the molecule is CCC1C=C(C(C)(C)C)C=CC1=O. The molecular weight excluding hydrogens is 160 g/mol. The summed E-state index contributed by atoms with van der Waals surface area (Å²) in [6, 6.07) is 0. The Balaban J connectivity index is 2.91. The highest BCUT2D eigenvalue weighted by Gasteiger charge is 2.22. The molecule has 72 valence electrons. The Morgan fingerprint density at radius 2 is 1.92 bits per heavy atom. The van der Waals surface area contributed by atoms with Crippen molar-refractivity contribution < 1.29 is 4.79 Å². The van der Waals surface area contributed by atoms with E-state index in [0.29, 0.717) is 0 Å². The molecule has 0 heterocycles. The van der Waals surface area contributed by atoms with Crippen molar-refractivity contribution in [2.45, 2.75) is 34.1 Å². The van der Waals surface area contributed by atoms with Crippen LogP contribution in [-0.2, 0) is 4.79 Å². The van der Waals surface area contributed by atoms with Crippen LogP contribution in [0.3, 0.4) is 0 Å². The molecule has 0 saturated heterocycles. The monoisotopic (exact) mass is 178 g/mol. The van der Waals surface area contributed by atoms with Crippen LogP contribution in [0.25, 0.3) is 0 Å². The zero-order valence-corrected chi connectivity index (χ0v) is 8.92. The molecule has 0 radical (unpaired) electrons. The molecule has 0 bridgehead atoms. The molecule has 0 aromatic heterocycles. The predicted octanol–water partition coefficient (Wildman–Crippen LogP) is 3.12. The summed E-state index contributed by atoms with van der Waals surface area (Å²) in [6.45, 7) is 8.57. The van der Waals surface area contributed by atoms with Crippen molar-refractivity contribution in [1.29, 1.82) is 0 Å². The lowest BCUT2D eigenvalue weighted by molar-refractivity contribution is -0.117. The fourth-order valence-corrected chi connectivity index (χ4v) is 1.47. The lowest BCUT2D eigenvalue weighted by Gasteiger charge is -2.24. The average molecular weight is 178 g/mol. The zero-order valence-electron chi connectivity index (χ0n) is 8.92. The van der Waals surface area contributed by atoms with Crippen LogP contribution in [0.15, 0.2) is 23.8 Å². The van der Waals surface area contributed by atoms with Crippen molar-refractivity contribution >= 4 is 5.78 Å². The summed E-state index contributed by atoms with van der Waals surface area (Å²) < 4.78 is 0. The molecule has 0 amide bonds. The average Bonchev–Trinajstić information content (AvgIpc) is 2.03. The number of hydrogen-bond donors (Lipinski definition) is 0. The van der Waals surface area contributed by atoms with Crippen LogP contribution in [0.1, 0.15) is 34.1 Å². The molecule has 1 unspecified atom stereocenters. The van der Waals surface area contributed by atoms with Crippen molar-refractivity contribution in [3.8, 4) is 0 Å². The maximum Gasteiger partial charge on any atom is 0.162 e. The molecule has 1 aliphatic rings. The van der Waals surface area contributed by atoms with E-state index < -0.39 is 0 Å². The van der Waals surface area contributed by atoms with Gasteiger partial charge in [0.1, 0.15) is 0 Å². The Kier molecular flexibility index (Phi) is 2.74. The Morgan fingerprint density at radius 3 is 2.38 bits per heavy atom. The Bertz CT molecular complexity index is 263. The van der Waals surface area contributed by atoms with E-state index in [0.717, 1.165) is 6.42 Å². The number of allylic oxidation sites excluding steroid dienone is 4. The minimum absolute atomic E-state index is 0.110. The highest BCUT2D eigenvalue weighted by Crippen LogP contribution is 2.30. The quantitative estimate of drug-likeness (QED) is 0.603. The maximum absolute atomic E-state index is 11.4. The lowest BCUT2D eigenvalue weighted by atomic mass is 9.80. The van der Waals surface area contributed by atoms with Crippen molar-refractivity contribution in [3.05, 3.63) is 23.8 Å². The van der Waals surface area contributed by atoms with E-state index in [9.17, 15) is 4.79 Å². The second-order valence-electron chi connectivity index (χ2n) is 4.62. The number of ketones is 1. The predicted molar refractivity (Wildman–Crippen MR) is 55.5 cm³/mol. The Morgan fingerprint density at radius 1 is 1.31 bits per heavy atom. The molecule has 0 spiro atoms. The summed E-state index contributed by atoms with van der Waals surface area (Å²) in [4.78, 5) is 11.4. The van der Waals surface area contributed by atoms with Crippen molar-refractivity contribution in [1.82, 2.24) is 0 Å². The van der Waals surface area contributed by atoms with Crippen LogP contribution in [0.5, 0.6) is 0 Å². The fraction of sp³-hybridized carbons (Fsp3) is 0.583. The third kappa shape index (κ3) is 2.30. The Labute approximate surface area is 80.5 Å². The molecule has 1 heteroatoms. The molecule has 1 aliphatic carbocycles. The minimum atomic E-state index is 0.110. The number of hydrogen-bond acceptors (Lipinski definition) is 1. The van der Waals surface area contributed by atoms with E-state index in [4.69, 9.17) is 0 Å². The Hall–Kier alpha value is -0.850. The second-order valence-corrected chi connectivity index (χ2v) is 4.62. The first kappa shape index (κ1) is 10.2. The van der Waals surface area contributed by atoms with Gasteiger partial charge in [-0.2, -0.15) is 0 Å². The van der Waals surface area contributed by atoms with Gasteiger partial charge < -0.3 is 0 Å². The van der Waals surface area contributed by atoms with Gasteiger partial charge in [0.05, 0.1) is 0 Å². The lowest BCUT2D eigenvalue weighted by Crippen LogP contribution is -2.17. The van der Waals surface area contributed by atoms with Crippen LogP contribution in [0.4, 0.5) is 0 Å². The number of carbonyl (C=O) groups is 1. The molecule has 0 fully saturated rings. The van der Waals surface area contributed by atoms with Crippen LogP contribution in [-0.4, -0.2) is 5.78 Å². The van der Waals surface area contributed by atoms with Gasteiger partial charge in [-0.05, 0) is 23.5 Å². The van der Waals surface area contributed by atoms with Crippen LogP contribution < -0.4 is 0 Å². The molecule has 1 atom stereocenters. The standard InChI is InChI=1S/C12H18O/c1-5-9-8-10(12(2,3)4)6-7-11(9)13/h6-9H,5H2,1-4H3. The minimum Gasteiger partial charge on any atom is -0.294 e. The summed E-state index contributed by atoms with van der Waals surface area (Å²) in [7, 11) is 0. The second kappa shape index (κ2) is 3.49. The summed E-state index contributed by atoms with van der Waals surface area (Å²) in [6.07, 6.45) is 6.69. The molecular formula is C12H18O. The maximum atomic E-state index is 11.4. The van der Waals surface area contributed by atoms with Crippen molar-refractivity contribution in [2.75, 3.05) is 0 Å². The third-order valence-electron chi connectivity index (χ3n) is 2.48. The molecule has 13 heavy (non-hydrogen) atoms. The molecule has 0 saturated carbocycles. The zero-order chi connectivity index (χ0) is 10.1. The van der Waals surface area contributed by atoms with Gasteiger partial charge >= 0.3 is 0 Å². The van der Waals surface area contributed by atoms with Gasteiger partial charge in [0.2, 0.25) is 0 Å². The van der Waals surface area contributed by atoms with Gasteiger partial charge in [-0.3, -0.25) is 4.79 Å².